The molecule has 3 atom stereocenters. The van der Waals surface area contributed by atoms with Crippen molar-refractivity contribution in [2.24, 2.45) is 38.8 Å². The molecule has 0 spiro atoms. The van der Waals surface area contributed by atoms with E-state index in [1.165, 1.54) is 11.1 Å². The van der Waals surface area contributed by atoms with Crippen molar-refractivity contribution >= 4 is 23.3 Å². The molecule has 0 heterocycles. The Balaban J connectivity index is 1.88. The van der Waals surface area contributed by atoms with Crippen molar-refractivity contribution in [1.82, 2.24) is 0 Å². The first kappa shape index (κ1) is 20.7. The fraction of sp³-hybridized carbons (Fsp3) is 0.364. The maximum atomic E-state index is 9.41. The number of rotatable bonds is 6. The summed E-state index contributed by atoms with van der Waals surface area (Å²) >= 11 is 0. The van der Waals surface area contributed by atoms with Gasteiger partial charge in [-0.25, -0.2) is 9.98 Å². The number of hydrogen-bond donors (Lipinski definition) is 5. The maximum Gasteiger partial charge on any atom is 0.191 e. The van der Waals surface area contributed by atoms with Gasteiger partial charge in [-0.15, -0.1) is 0 Å². The van der Waals surface area contributed by atoms with Crippen molar-refractivity contribution in [3.8, 4) is 0 Å². The van der Waals surface area contributed by atoms with Crippen LogP contribution in [0.4, 0.5) is 11.4 Å². The molecule has 2 aromatic carbocycles. The molecule has 0 radical (unpaired) electrons. The van der Waals surface area contributed by atoms with Gasteiger partial charge in [-0.05, 0) is 78.8 Å². The predicted octanol–water partition coefficient (Wildman–Crippen LogP) is 2.55. The molecule has 0 aliphatic heterocycles. The lowest BCUT2D eigenvalue weighted by Gasteiger charge is -2.37. The van der Waals surface area contributed by atoms with Crippen LogP contribution in [0.2, 0.25) is 0 Å². The number of hydrogen-bond acceptors (Lipinski definition) is 3. The van der Waals surface area contributed by atoms with Crippen molar-refractivity contribution in [1.29, 1.82) is 0 Å². The monoisotopic (exact) mass is 394 g/mol. The largest absolute Gasteiger partial charge is 0.396 e. The number of aliphatic hydroxyl groups is 1. The van der Waals surface area contributed by atoms with Gasteiger partial charge in [0.25, 0.3) is 0 Å². The summed E-state index contributed by atoms with van der Waals surface area (Å²) in [5.74, 6) is 1.40. The molecule has 154 valence electrons. The zero-order chi connectivity index (χ0) is 20.8. The third-order valence-corrected chi connectivity index (χ3v) is 5.66. The molecule has 1 fully saturated rings. The average molecular weight is 395 g/mol. The number of nitrogens with zero attached hydrogens (tertiary/aromatic N) is 2. The minimum absolute atomic E-state index is 0.0529. The molecule has 0 bridgehead atoms. The van der Waals surface area contributed by atoms with Crippen molar-refractivity contribution < 1.29 is 5.11 Å². The summed E-state index contributed by atoms with van der Waals surface area (Å²) in [4.78, 5) is 8.21. The topological polar surface area (TPSA) is 149 Å². The Bertz CT molecular complexity index is 852. The van der Waals surface area contributed by atoms with E-state index in [2.05, 4.69) is 34.3 Å². The molecule has 29 heavy (non-hydrogen) atoms. The Morgan fingerprint density at radius 2 is 1.24 bits per heavy atom. The maximum absolute atomic E-state index is 9.41. The molecular weight excluding hydrogens is 364 g/mol. The van der Waals surface area contributed by atoms with Crippen molar-refractivity contribution in [2.45, 2.75) is 37.5 Å². The molecule has 7 nitrogen and oxygen atoms in total. The molecular formula is C22H30N6O. The molecule has 1 aliphatic carbocycles. The second-order valence-electron chi connectivity index (χ2n) is 7.66. The second kappa shape index (κ2) is 9.43. The first-order valence-corrected chi connectivity index (χ1v) is 9.96. The lowest BCUT2D eigenvalue weighted by molar-refractivity contribution is 0.209. The lowest BCUT2D eigenvalue weighted by Crippen LogP contribution is -2.23. The average Bonchev–Trinajstić information content (AvgIpc) is 2.69. The Labute approximate surface area is 171 Å². The highest BCUT2D eigenvalue weighted by molar-refractivity contribution is 5.79. The van der Waals surface area contributed by atoms with Crippen LogP contribution in [0, 0.1) is 5.92 Å². The van der Waals surface area contributed by atoms with Crippen molar-refractivity contribution in [3.63, 3.8) is 0 Å². The summed E-state index contributed by atoms with van der Waals surface area (Å²) < 4.78 is 0. The van der Waals surface area contributed by atoms with Gasteiger partial charge in [-0.2, -0.15) is 0 Å². The number of benzene rings is 2. The van der Waals surface area contributed by atoms with E-state index < -0.39 is 0 Å². The lowest BCUT2D eigenvalue weighted by atomic mass is 9.68. The van der Waals surface area contributed by atoms with Crippen LogP contribution in [0.1, 0.15) is 48.6 Å². The van der Waals surface area contributed by atoms with E-state index in [0.717, 1.165) is 37.1 Å². The van der Waals surface area contributed by atoms with Gasteiger partial charge in [-0.1, -0.05) is 24.3 Å². The van der Waals surface area contributed by atoms with Gasteiger partial charge >= 0.3 is 0 Å². The van der Waals surface area contributed by atoms with E-state index >= 15 is 0 Å². The van der Waals surface area contributed by atoms with Gasteiger partial charge in [0.2, 0.25) is 0 Å². The highest BCUT2D eigenvalue weighted by Crippen LogP contribution is 2.47. The quantitative estimate of drug-likeness (QED) is 0.377. The van der Waals surface area contributed by atoms with E-state index in [9.17, 15) is 5.11 Å². The van der Waals surface area contributed by atoms with Crippen LogP contribution in [0.3, 0.4) is 0 Å². The summed E-state index contributed by atoms with van der Waals surface area (Å²) in [6, 6.07) is 16.2. The van der Waals surface area contributed by atoms with Crippen LogP contribution in [0.25, 0.3) is 0 Å². The minimum atomic E-state index is 0.0529. The Morgan fingerprint density at radius 3 is 1.69 bits per heavy atom. The van der Waals surface area contributed by atoms with E-state index in [0.29, 0.717) is 17.8 Å². The van der Waals surface area contributed by atoms with Gasteiger partial charge in [0.1, 0.15) is 0 Å². The molecule has 0 saturated heterocycles. The smallest absolute Gasteiger partial charge is 0.191 e. The third-order valence-electron chi connectivity index (χ3n) is 5.66. The Kier molecular flexibility index (Phi) is 6.72. The van der Waals surface area contributed by atoms with E-state index in [1.807, 2.05) is 24.3 Å². The van der Waals surface area contributed by atoms with Gasteiger partial charge in [0.05, 0.1) is 11.4 Å². The molecule has 0 aromatic heterocycles. The fourth-order valence-corrected chi connectivity index (χ4v) is 4.36. The zero-order valence-corrected chi connectivity index (χ0v) is 16.5. The van der Waals surface area contributed by atoms with Crippen LogP contribution in [0.15, 0.2) is 58.5 Å². The molecule has 3 rings (SSSR count). The highest BCUT2D eigenvalue weighted by atomic mass is 16.3. The van der Waals surface area contributed by atoms with Gasteiger partial charge < -0.3 is 28.0 Å². The number of nitrogens with two attached hydrogens (primary N) is 4. The van der Waals surface area contributed by atoms with Crippen molar-refractivity contribution in [2.75, 3.05) is 6.61 Å². The molecule has 1 unspecified atom stereocenters. The summed E-state index contributed by atoms with van der Waals surface area (Å²) in [5, 5.41) is 9.41. The first-order chi connectivity index (χ1) is 14.0. The SMILES string of the molecule is NC(N)=Nc1ccc([C@@H]2CCC(CCO)C[C@H]2c2ccc(N=C(N)N)cc2)cc1. The molecule has 1 aliphatic rings. The molecule has 7 heteroatoms. The summed E-state index contributed by atoms with van der Waals surface area (Å²) in [5.41, 5.74) is 25.9. The van der Waals surface area contributed by atoms with Crippen LogP contribution < -0.4 is 22.9 Å². The predicted molar refractivity (Wildman–Crippen MR) is 118 cm³/mol. The molecule has 2 aromatic rings. The Morgan fingerprint density at radius 1 is 0.759 bits per heavy atom. The van der Waals surface area contributed by atoms with Crippen molar-refractivity contribution in [3.05, 3.63) is 59.7 Å². The molecule has 0 amide bonds. The van der Waals surface area contributed by atoms with Crippen LogP contribution >= 0.6 is 0 Å². The molecule has 9 N–H and O–H groups in total. The third kappa shape index (κ3) is 5.48. The highest BCUT2D eigenvalue weighted by Gasteiger charge is 2.32. The fourth-order valence-electron chi connectivity index (χ4n) is 4.36. The van der Waals surface area contributed by atoms with Gasteiger partial charge in [0, 0.05) is 6.61 Å². The first-order valence-electron chi connectivity index (χ1n) is 9.96. The van der Waals surface area contributed by atoms with Crippen LogP contribution in [-0.2, 0) is 0 Å². The minimum Gasteiger partial charge on any atom is -0.396 e. The van der Waals surface area contributed by atoms with E-state index in [-0.39, 0.29) is 18.5 Å². The molecule has 1 saturated carbocycles. The van der Waals surface area contributed by atoms with Crippen LogP contribution in [-0.4, -0.2) is 23.6 Å². The summed E-state index contributed by atoms with van der Waals surface area (Å²) in [6.45, 7) is 0.235. The second-order valence-corrected chi connectivity index (χ2v) is 7.66. The number of guanidine groups is 2. The van der Waals surface area contributed by atoms with E-state index in [4.69, 9.17) is 22.9 Å². The summed E-state index contributed by atoms with van der Waals surface area (Å²) in [6.07, 6.45) is 4.08. The standard InChI is InChI=1S/C22H30N6O/c23-21(24)27-17-6-2-15(3-7-17)19-10-1-14(11-12-29)13-20(19)16-4-8-18(9-5-16)28-22(25)26/h2-9,14,19-20,29H,1,10-13H2,(H4,23,24,27)(H4,25,26,28)/t14?,19-,20-/m0/s1. The van der Waals surface area contributed by atoms with Gasteiger partial charge in [-0.3, -0.25) is 0 Å². The summed E-state index contributed by atoms with van der Waals surface area (Å²) in [7, 11) is 0. The zero-order valence-electron chi connectivity index (χ0n) is 16.5. The van der Waals surface area contributed by atoms with Crippen LogP contribution in [0.5, 0.6) is 0 Å². The Hall–Kier alpha value is -3.06. The number of aliphatic hydroxyl groups excluding tert-OH is 1. The normalized spacial score (nSPS) is 21.3. The van der Waals surface area contributed by atoms with E-state index in [1.54, 1.807) is 0 Å². The number of aliphatic imine (C=N–C) groups is 2. The van der Waals surface area contributed by atoms with Gasteiger partial charge in [0.15, 0.2) is 11.9 Å².